The molecule has 0 saturated heterocycles. The normalized spacial score (nSPS) is 10.9. The van der Waals surface area contributed by atoms with E-state index < -0.39 is 5.97 Å². The van der Waals surface area contributed by atoms with Gasteiger partial charge in [-0.3, -0.25) is 9.79 Å². The fourth-order valence-corrected chi connectivity index (χ4v) is 2.22. The van der Waals surface area contributed by atoms with Gasteiger partial charge in [0.1, 0.15) is 0 Å². The highest BCUT2D eigenvalue weighted by atomic mass is 32.1. The van der Waals surface area contributed by atoms with Crippen molar-refractivity contribution in [2.45, 2.75) is 5.03 Å². The number of nitrogens with zero attached hydrogens (tertiary/aromatic N) is 1. The summed E-state index contributed by atoms with van der Waals surface area (Å²) < 4.78 is 0. The molecule has 0 unspecified atom stereocenters. The lowest BCUT2D eigenvalue weighted by atomic mass is 10.2. The summed E-state index contributed by atoms with van der Waals surface area (Å²) in [6, 6.07) is 6.12. The summed E-state index contributed by atoms with van der Waals surface area (Å²) in [5, 5.41) is 9.21. The predicted molar refractivity (Wildman–Crippen MR) is 72.8 cm³/mol. The maximum Gasteiger partial charge on any atom is 0.335 e. The molecule has 1 heterocycles. The topological polar surface area (TPSA) is 82.5 Å². The summed E-state index contributed by atoms with van der Waals surface area (Å²) in [5.74, 6) is -0.980. The van der Waals surface area contributed by atoms with Crippen molar-refractivity contribution in [3.8, 4) is 0 Å². The van der Waals surface area contributed by atoms with Crippen molar-refractivity contribution in [3.05, 3.63) is 44.4 Å². The first-order valence-electron chi connectivity index (χ1n) is 4.86. The Bertz CT molecular complexity index is 656. The van der Waals surface area contributed by atoms with E-state index in [9.17, 15) is 9.59 Å². The molecule has 0 saturated carbocycles. The number of carboxylic acid groups (broad SMARTS) is 1. The quantitative estimate of drug-likeness (QED) is 0.595. The van der Waals surface area contributed by atoms with Crippen LogP contribution in [0.3, 0.4) is 0 Å². The Kier molecular flexibility index (Phi) is 3.63. The average molecular weight is 280 g/mol. The van der Waals surface area contributed by atoms with Crippen molar-refractivity contribution in [2.75, 3.05) is 0 Å². The maximum atomic E-state index is 11.0. The highest BCUT2D eigenvalue weighted by molar-refractivity contribution is 7.80. The number of carbonyl (C=O) groups is 1. The minimum Gasteiger partial charge on any atom is -0.478 e. The number of aliphatic imine (C=N–C) groups is 1. The van der Waals surface area contributed by atoms with Gasteiger partial charge in [-0.25, -0.2) is 4.79 Å². The minimum atomic E-state index is -0.980. The van der Waals surface area contributed by atoms with Crippen LogP contribution in [0.4, 0.5) is 5.69 Å². The summed E-state index contributed by atoms with van der Waals surface area (Å²) in [6.45, 7) is 0. The zero-order valence-electron chi connectivity index (χ0n) is 8.95. The second kappa shape index (κ2) is 5.19. The molecule has 18 heavy (non-hydrogen) atoms. The number of hydrogen-bond donors (Lipinski definition) is 3. The van der Waals surface area contributed by atoms with Crippen molar-refractivity contribution >= 4 is 41.8 Å². The molecule has 0 radical (unpaired) electrons. The monoisotopic (exact) mass is 280 g/mol. The summed E-state index contributed by atoms with van der Waals surface area (Å²) in [4.78, 5) is 28.8. The fraction of sp³-hybridized carbons (Fsp3) is 0. The van der Waals surface area contributed by atoms with E-state index in [1.54, 1.807) is 12.1 Å². The molecule has 1 aromatic heterocycles. The largest absolute Gasteiger partial charge is 0.478 e. The Morgan fingerprint density at radius 3 is 2.56 bits per heavy atom. The van der Waals surface area contributed by atoms with E-state index in [1.807, 2.05) is 0 Å². The van der Waals surface area contributed by atoms with Crippen molar-refractivity contribution in [3.63, 3.8) is 0 Å². The van der Waals surface area contributed by atoms with Crippen LogP contribution in [0, 0.1) is 0 Å². The van der Waals surface area contributed by atoms with Crippen molar-refractivity contribution < 1.29 is 9.90 Å². The van der Waals surface area contributed by atoms with E-state index >= 15 is 0 Å². The molecule has 0 amide bonds. The Morgan fingerprint density at radius 1 is 1.39 bits per heavy atom. The van der Waals surface area contributed by atoms with Crippen LogP contribution in [0.15, 0.2) is 39.1 Å². The number of benzene rings is 1. The first kappa shape index (κ1) is 12.6. The Hall–Kier alpha value is -1.86. The zero-order valence-corrected chi connectivity index (χ0v) is 10.7. The lowest BCUT2D eigenvalue weighted by Gasteiger charge is -1.95. The van der Waals surface area contributed by atoms with Gasteiger partial charge in [0.05, 0.1) is 21.2 Å². The highest BCUT2D eigenvalue weighted by Crippen LogP contribution is 2.15. The molecule has 0 spiro atoms. The molecule has 2 rings (SSSR count). The lowest BCUT2D eigenvalue weighted by Crippen LogP contribution is -1.94. The number of aromatic amines is 1. The van der Waals surface area contributed by atoms with Crippen LogP contribution in [0.25, 0.3) is 0 Å². The Labute approximate surface area is 111 Å². The number of thiazole rings is 1. The molecule has 0 bridgehead atoms. The van der Waals surface area contributed by atoms with E-state index in [0.717, 1.165) is 11.3 Å². The van der Waals surface area contributed by atoms with Gasteiger partial charge < -0.3 is 10.1 Å². The van der Waals surface area contributed by atoms with Gasteiger partial charge in [0.2, 0.25) is 0 Å². The molecule has 0 aliphatic heterocycles. The third kappa shape index (κ3) is 2.88. The second-order valence-corrected chi connectivity index (χ2v) is 4.80. The van der Waals surface area contributed by atoms with Crippen LogP contribution >= 0.6 is 24.0 Å². The summed E-state index contributed by atoms with van der Waals surface area (Å²) in [5.41, 5.74) is 0.809. The van der Waals surface area contributed by atoms with Crippen LogP contribution < -0.4 is 4.87 Å². The van der Waals surface area contributed by atoms with Crippen LogP contribution in [0.5, 0.6) is 0 Å². The number of aromatic nitrogens is 1. The fourth-order valence-electron chi connectivity index (χ4n) is 1.24. The highest BCUT2D eigenvalue weighted by Gasteiger charge is 2.02. The summed E-state index contributed by atoms with van der Waals surface area (Å²) >= 11 is 5.10. The number of carboxylic acids is 1. The summed E-state index contributed by atoms with van der Waals surface area (Å²) in [6.07, 6.45) is 1.51. The molecule has 2 aromatic rings. The van der Waals surface area contributed by atoms with Crippen molar-refractivity contribution in [1.29, 1.82) is 0 Å². The number of H-pyrrole nitrogens is 1. The SMILES string of the molecule is O=C(O)c1ccc(N=Cc2sc(=O)[nH]c2S)cc1. The van der Waals surface area contributed by atoms with E-state index in [2.05, 4.69) is 22.6 Å². The maximum absolute atomic E-state index is 11.0. The van der Waals surface area contributed by atoms with Gasteiger partial charge in [-0.1, -0.05) is 11.3 Å². The first-order valence-corrected chi connectivity index (χ1v) is 6.12. The number of rotatable bonds is 3. The van der Waals surface area contributed by atoms with Crippen LogP contribution in [0.2, 0.25) is 0 Å². The third-order valence-electron chi connectivity index (χ3n) is 2.10. The number of nitrogens with one attached hydrogen (secondary N) is 1. The molecule has 0 atom stereocenters. The molecule has 2 N–H and O–H groups in total. The number of thiol groups is 1. The third-order valence-corrected chi connectivity index (χ3v) is 3.42. The van der Waals surface area contributed by atoms with Gasteiger partial charge in [0.25, 0.3) is 0 Å². The van der Waals surface area contributed by atoms with Gasteiger partial charge in [-0.05, 0) is 24.3 Å². The number of aromatic carboxylic acids is 1. The molecule has 0 fully saturated rings. The van der Waals surface area contributed by atoms with Crippen molar-refractivity contribution in [2.24, 2.45) is 4.99 Å². The van der Waals surface area contributed by atoms with Gasteiger partial charge >= 0.3 is 10.8 Å². The zero-order chi connectivity index (χ0) is 13.1. The molecule has 7 heteroatoms. The van der Waals surface area contributed by atoms with E-state index in [1.165, 1.54) is 18.3 Å². The predicted octanol–water partition coefficient (Wildman–Crippen LogP) is 2.17. The van der Waals surface area contributed by atoms with Crippen LogP contribution in [-0.2, 0) is 0 Å². The average Bonchev–Trinajstić information content (AvgIpc) is 2.66. The van der Waals surface area contributed by atoms with Crippen molar-refractivity contribution in [1.82, 2.24) is 4.98 Å². The van der Waals surface area contributed by atoms with Gasteiger partial charge in [-0.15, -0.1) is 12.6 Å². The molecule has 1 aromatic carbocycles. The van der Waals surface area contributed by atoms with Gasteiger partial charge in [-0.2, -0.15) is 0 Å². The number of hydrogen-bond acceptors (Lipinski definition) is 5. The molecule has 0 aliphatic carbocycles. The van der Waals surface area contributed by atoms with Gasteiger partial charge in [0.15, 0.2) is 0 Å². The molecule has 5 nitrogen and oxygen atoms in total. The summed E-state index contributed by atoms with van der Waals surface area (Å²) in [7, 11) is 0. The van der Waals surface area contributed by atoms with Crippen LogP contribution in [-0.4, -0.2) is 22.3 Å². The molecular weight excluding hydrogens is 272 g/mol. The Balaban J connectivity index is 2.21. The molecule has 92 valence electrons. The van der Waals surface area contributed by atoms with Crippen LogP contribution in [0.1, 0.15) is 15.2 Å². The first-order chi connectivity index (χ1) is 8.56. The van der Waals surface area contributed by atoms with E-state index in [0.29, 0.717) is 15.6 Å². The van der Waals surface area contributed by atoms with Gasteiger partial charge in [0, 0.05) is 6.21 Å². The van der Waals surface area contributed by atoms with E-state index in [-0.39, 0.29) is 10.4 Å². The minimum absolute atomic E-state index is 0.192. The Morgan fingerprint density at radius 2 is 2.06 bits per heavy atom. The van der Waals surface area contributed by atoms with E-state index in [4.69, 9.17) is 5.11 Å². The standard InChI is InChI=1S/C11H8N2O3S2/c14-10(15)6-1-3-7(4-2-6)12-5-8-9(17)13-11(16)18-8/h1-5,17H,(H,13,16)(H,14,15). The smallest absolute Gasteiger partial charge is 0.335 e. The molecule has 0 aliphatic rings. The lowest BCUT2D eigenvalue weighted by molar-refractivity contribution is 0.0697. The second-order valence-electron chi connectivity index (χ2n) is 3.34. The molecular formula is C11H8N2O3S2.